The molecule has 0 saturated carbocycles. The number of rotatable bonds is 2. The van der Waals surface area contributed by atoms with Crippen molar-refractivity contribution in [1.82, 2.24) is 9.55 Å². The Labute approximate surface area is 163 Å². The number of likely N-dealkylation sites (N-methyl/N-ethyl adjacent to an activating group) is 1. The summed E-state index contributed by atoms with van der Waals surface area (Å²) in [4.78, 5) is 19.9. The van der Waals surface area contributed by atoms with E-state index in [0.717, 1.165) is 4.88 Å². The van der Waals surface area contributed by atoms with Crippen molar-refractivity contribution in [3.8, 4) is 17.0 Å². The van der Waals surface area contributed by atoms with Crippen LogP contribution in [0, 0.1) is 0 Å². The van der Waals surface area contributed by atoms with Gasteiger partial charge in [0.1, 0.15) is 12.1 Å². The molecule has 9 heteroatoms. The lowest BCUT2D eigenvalue weighted by Crippen LogP contribution is -2.43. The molecule has 134 valence electrons. The first-order valence-electron chi connectivity index (χ1n) is 7.84. The van der Waals surface area contributed by atoms with Crippen LogP contribution in [0.2, 0.25) is 9.49 Å². The highest BCUT2D eigenvalue weighted by molar-refractivity contribution is 7.15. The zero-order valence-corrected chi connectivity index (χ0v) is 16.3. The summed E-state index contributed by atoms with van der Waals surface area (Å²) in [6, 6.07) is 6.71. The van der Waals surface area contributed by atoms with E-state index in [0.29, 0.717) is 27.5 Å². The molecule has 0 radical (unpaired) electrons. The molecule has 3 aromatic rings. The summed E-state index contributed by atoms with van der Waals surface area (Å²) in [6.07, 6.45) is 1.71. The summed E-state index contributed by atoms with van der Waals surface area (Å²) in [6.45, 7) is 0.596. The fourth-order valence-electron chi connectivity index (χ4n) is 3.41. The monoisotopic (exact) mass is 409 g/mol. The van der Waals surface area contributed by atoms with Gasteiger partial charge in [0.2, 0.25) is 0 Å². The van der Waals surface area contributed by atoms with Gasteiger partial charge >= 0.3 is 11.5 Å². The molecule has 0 amide bonds. The number of fused-ring (bicyclic) bond motifs is 1. The van der Waals surface area contributed by atoms with Crippen LogP contribution in [-0.4, -0.2) is 28.3 Å². The number of thiazole rings is 1. The maximum atomic E-state index is 12.9. The SMILES string of the molecule is CN1C[C@H](c2cnc(Cl)s2)[n+]2c(O)c(-c3cccc(Cl)c3)c(=O)n(C)c21. The molecular weight excluding hydrogens is 395 g/mol. The third-order valence-electron chi connectivity index (χ3n) is 4.52. The minimum Gasteiger partial charge on any atom is -0.483 e. The summed E-state index contributed by atoms with van der Waals surface area (Å²) in [7, 11) is 3.58. The van der Waals surface area contributed by atoms with Crippen molar-refractivity contribution in [1.29, 1.82) is 0 Å². The topological polar surface area (TPSA) is 62.2 Å². The fourth-order valence-corrected chi connectivity index (χ4v) is 4.64. The van der Waals surface area contributed by atoms with Gasteiger partial charge in [-0.15, -0.1) is 11.3 Å². The van der Waals surface area contributed by atoms with Crippen molar-refractivity contribution in [2.75, 3.05) is 18.5 Å². The van der Waals surface area contributed by atoms with Crippen LogP contribution in [0.5, 0.6) is 5.88 Å². The van der Waals surface area contributed by atoms with E-state index in [1.807, 2.05) is 11.9 Å². The van der Waals surface area contributed by atoms with Gasteiger partial charge in [0, 0.05) is 11.2 Å². The molecule has 0 unspecified atom stereocenters. The van der Waals surface area contributed by atoms with Gasteiger partial charge in [0.25, 0.3) is 5.88 Å². The number of aromatic nitrogens is 3. The van der Waals surface area contributed by atoms with E-state index in [4.69, 9.17) is 23.2 Å². The standard InChI is InChI=1S/C17H14Cl2N4O2S/c1-21-8-11(12-7-20-16(19)26-12)23-15(25)13(14(24)22(2)17(21)23)9-4-3-5-10(18)6-9/h3-7,11H,8H2,1-2H3/p+1/t11-/m1/s1. The first-order valence-corrected chi connectivity index (χ1v) is 9.41. The predicted molar refractivity (Wildman–Crippen MR) is 103 cm³/mol. The second kappa shape index (κ2) is 6.26. The molecule has 0 aliphatic carbocycles. The van der Waals surface area contributed by atoms with Gasteiger partial charge in [-0.1, -0.05) is 35.3 Å². The summed E-state index contributed by atoms with van der Waals surface area (Å²) >= 11 is 13.4. The van der Waals surface area contributed by atoms with Crippen molar-refractivity contribution in [3.63, 3.8) is 0 Å². The van der Waals surface area contributed by atoms with E-state index in [1.54, 1.807) is 46.6 Å². The first-order chi connectivity index (χ1) is 12.4. The lowest BCUT2D eigenvalue weighted by molar-refractivity contribution is -0.695. The summed E-state index contributed by atoms with van der Waals surface area (Å²) in [5.41, 5.74) is 0.502. The van der Waals surface area contributed by atoms with E-state index >= 15 is 0 Å². The number of anilines is 1. The second-order valence-corrected chi connectivity index (χ2v) is 8.24. The van der Waals surface area contributed by atoms with Gasteiger partial charge in [-0.25, -0.2) is 9.78 Å². The Bertz CT molecular complexity index is 1080. The van der Waals surface area contributed by atoms with E-state index in [-0.39, 0.29) is 23.0 Å². The van der Waals surface area contributed by atoms with E-state index < -0.39 is 0 Å². The number of aromatic hydroxyl groups is 1. The Morgan fingerprint density at radius 2 is 2.12 bits per heavy atom. The summed E-state index contributed by atoms with van der Waals surface area (Å²) in [5, 5.41) is 11.5. The molecular formula is C17H15Cl2N4O2S+. The lowest BCUT2D eigenvalue weighted by Gasteiger charge is -2.13. The highest BCUT2D eigenvalue weighted by Gasteiger charge is 2.42. The van der Waals surface area contributed by atoms with Crippen molar-refractivity contribution in [2.45, 2.75) is 6.04 Å². The van der Waals surface area contributed by atoms with Gasteiger partial charge in [-0.2, -0.15) is 9.13 Å². The number of hydrogen-bond acceptors (Lipinski definition) is 5. The molecule has 1 aliphatic rings. The molecule has 3 heterocycles. The number of hydrogen-bond donors (Lipinski definition) is 1. The Morgan fingerprint density at radius 1 is 1.35 bits per heavy atom. The largest absolute Gasteiger partial charge is 0.483 e. The molecule has 0 saturated heterocycles. The third kappa shape index (κ3) is 2.58. The smallest absolute Gasteiger partial charge is 0.365 e. The van der Waals surface area contributed by atoms with Crippen LogP contribution in [-0.2, 0) is 7.05 Å². The normalized spacial score (nSPS) is 16.2. The molecule has 26 heavy (non-hydrogen) atoms. The quantitative estimate of drug-likeness (QED) is 0.660. The highest BCUT2D eigenvalue weighted by Crippen LogP contribution is 2.34. The average molecular weight is 410 g/mol. The van der Waals surface area contributed by atoms with Crippen LogP contribution < -0.4 is 15.0 Å². The van der Waals surface area contributed by atoms with Crippen molar-refractivity contribution >= 4 is 40.5 Å². The molecule has 0 bridgehead atoms. The Morgan fingerprint density at radius 3 is 2.77 bits per heavy atom. The van der Waals surface area contributed by atoms with Crippen LogP contribution in [0.15, 0.2) is 35.3 Å². The Kier molecular flexibility index (Phi) is 4.17. The molecule has 1 aliphatic heterocycles. The first kappa shape index (κ1) is 17.3. The summed E-state index contributed by atoms with van der Waals surface area (Å²) in [5.74, 6) is 0.525. The second-order valence-electron chi connectivity index (χ2n) is 6.16. The molecule has 1 N–H and O–H groups in total. The van der Waals surface area contributed by atoms with Gasteiger partial charge in [0.15, 0.2) is 10.5 Å². The van der Waals surface area contributed by atoms with E-state index in [2.05, 4.69) is 4.98 Å². The zero-order valence-electron chi connectivity index (χ0n) is 14.0. The maximum absolute atomic E-state index is 12.9. The van der Waals surface area contributed by atoms with Crippen LogP contribution in [0.4, 0.5) is 5.95 Å². The van der Waals surface area contributed by atoms with Crippen molar-refractivity contribution in [2.24, 2.45) is 7.05 Å². The Balaban J connectivity index is 2.01. The number of nitrogens with zero attached hydrogens (tertiary/aromatic N) is 4. The third-order valence-corrected chi connectivity index (χ3v) is 5.97. The van der Waals surface area contributed by atoms with Crippen LogP contribution >= 0.6 is 34.5 Å². The van der Waals surface area contributed by atoms with E-state index in [1.165, 1.54) is 11.3 Å². The summed E-state index contributed by atoms with van der Waals surface area (Å²) < 4.78 is 3.73. The lowest BCUT2D eigenvalue weighted by atomic mass is 10.1. The predicted octanol–water partition coefficient (Wildman–Crippen LogP) is 2.85. The van der Waals surface area contributed by atoms with Crippen molar-refractivity contribution < 1.29 is 9.67 Å². The van der Waals surface area contributed by atoms with Crippen LogP contribution in [0.3, 0.4) is 0 Å². The molecule has 0 fully saturated rings. The minimum atomic E-state index is -0.286. The molecule has 2 aromatic heterocycles. The Hall–Kier alpha value is -2.09. The van der Waals surface area contributed by atoms with Gasteiger partial charge in [-0.05, 0) is 17.7 Å². The van der Waals surface area contributed by atoms with Gasteiger partial charge < -0.3 is 5.11 Å². The zero-order chi connectivity index (χ0) is 18.6. The van der Waals surface area contributed by atoms with Gasteiger partial charge in [-0.3, -0.25) is 4.90 Å². The van der Waals surface area contributed by atoms with Gasteiger partial charge in [0.05, 0.1) is 19.0 Å². The van der Waals surface area contributed by atoms with Crippen molar-refractivity contribution in [3.05, 3.63) is 55.2 Å². The molecule has 4 rings (SSSR count). The molecule has 1 atom stereocenters. The highest BCUT2D eigenvalue weighted by atomic mass is 35.5. The maximum Gasteiger partial charge on any atom is 0.365 e. The number of halogens is 2. The van der Waals surface area contributed by atoms with E-state index in [9.17, 15) is 9.90 Å². The van der Waals surface area contributed by atoms with Crippen LogP contribution in [0.25, 0.3) is 11.1 Å². The molecule has 6 nitrogen and oxygen atoms in total. The molecule has 1 aromatic carbocycles. The molecule has 0 spiro atoms. The fraction of sp³-hybridized carbons (Fsp3) is 0.235. The minimum absolute atomic E-state index is 0.0933. The average Bonchev–Trinajstić information content (AvgIpc) is 3.16. The van der Waals surface area contributed by atoms with Crippen LogP contribution in [0.1, 0.15) is 10.9 Å². The number of benzene rings is 1.